The number of sulfone groups is 1. The fraction of sp³-hybridized carbons (Fsp3) is 0.400. The molecule has 0 saturated heterocycles. The second kappa shape index (κ2) is 7.08. The molecule has 0 saturated carbocycles. The third-order valence-electron chi connectivity index (χ3n) is 4.69. The van der Waals surface area contributed by atoms with Crippen molar-refractivity contribution in [3.8, 4) is 0 Å². The van der Waals surface area contributed by atoms with Gasteiger partial charge in [-0.3, -0.25) is 0 Å². The van der Waals surface area contributed by atoms with Crippen LogP contribution in [0.15, 0.2) is 42.5 Å². The van der Waals surface area contributed by atoms with Crippen molar-refractivity contribution in [2.45, 2.75) is 44.5 Å². The SMILES string of the molecule is C[C@H](NCc1ccc(CS(C)(=O)=O)cc1)c1ccc2c(c1)CCC2. The molecule has 2 aromatic carbocycles. The van der Waals surface area contributed by atoms with Crippen LogP contribution in [-0.2, 0) is 35.0 Å². The van der Waals surface area contributed by atoms with Crippen LogP contribution in [0, 0.1) is 0 Å². The lowest BCUT2D eigenvalue weighted by Gasteiger charge is -2.16. The van der Waals surface area contributed by atoms with Gasteiger partial charge in [0.05, 0.1) is 5.75 Å². The van der Waals surface area contributed by atoms with E-state index in [9.17, 15) is 8.42 Å². The summed E-state index contributed by atoms with van der Waals surface area (Å²) < 4.78 is 22.7. The lowest BCUT2D eigenvalue weighted by atomic mass is 10.0. The maximum atomic E-state index is 11.3. The minimum Gasteiger partial charge on any atom is -0.306 e. The van der Waals surface area contributed by atoms with Crippen LogP contribution in [0.25, 0.3) is 0 Å². The van der Waals surface area contributed by atoms with Crippen LogP contribution in [-0.4, -0.2) is 14.7 Å². The average molecular weight is 343 g/mol. The molecule has 24 heavy (non-hydrogen) atoms. The number of benzene rings is 2. The topological polar surface area (TPSA) is 46.2 Å². The summed E-state index contributed by atoms with van der Waals surface area (Å²) in [6, 6.07) is 15.0. The van der Waals surface area contributed by atoms with E-state index in [1.165, 1.54) is 47.8 Å². The van der Waals surface area contributed by atoms with Gasteiger partial charge in [0.25, 0.3) is 0 Å². The summed E-state index contributed by atoms with van der Waals surface area (Å²) in [6.45, 7) is 2.96. The molecule has 3 rings (SSSR count). The van der Waals surface area contributed by atoms with Crippen molar-refractivity contribution in [2.24, 2.45) is 0 Å². The Kier molecular flexibility index (Phi) is 5.07. The molecule has 0 spiro atoms. The van der Waals surface area contributed by atoms with Gasteiger partial charge in [-0.25, -0.2) is 8.42 Å². The summed E-state index contributed by atoms with van der Waals surface area (Å²) in [5.41, 5.74) is 6.36. The predicted molar refractivity (Wildman–Crippen MR) is 98.7 cm³/mol. The van der Waals surface area contributed by atoms with Crippen molar-refractivity contribution in [1.29, 1.82) is 0 Å². The molecule has 0 heterocycles. The Bertz CT molecular complexity index is 810. The zero-order chi connectivity index (χ0) is 17.2. The molecule has 2 aromatic rings. The number of hydrogen-bond acceptors (Lipinski definition) is 3. The van der Waals surface area contributed by atoms with Gasteiger partial charge in [-0.1, -0.05) is 42.5 Å². The van der Waals surface area contributed by atoms with E-state index in [0.29, 0.717) is 6.04 Å². The van der Waals surface area contributed by atoms with Crippen molar-refractivity contribution >= 4 is 9.84 Å². The largest absolute Gasteiger partial charge is 0.306 e. The highest BCUT2D eigenvalue weighted by Gasteiger charge is 2.13. The summed E-state index contributed by atoms with van der Waals surface area (Å²) in [5, 5.41) is 3.56. The van der Waals surface area contributed by atoms with Gasteiger partial charge >= 0.3 is 0 Å². The predicted octanol–water partition coefficient (Wildman–Crippen LogP) is 3.57. The highest BCUT2D eigenvalue weighted by atomic mass is 32.2. The second-order valence-electron chi connectivity index (χ2n) is 6.87. The lowest BCUT2D eigenvalue weighted by Crippen LogP contribution is -2.18. The van der Waals surface area contributed by atoms with E-state index in [0.717, 1.165) is 12.1 Å². The Morgan fingerprint density at radius 1 is 1.00 bits per heavy atom. The number of hydrogen-bond donors (Lipinski definition) is 1. The van der Waals surface area contributed by atoms with Crippen molar-refractivity contribution in [1.82, 2.24) is 5.32 Å². The van der Waals surface area contributed by atoms with Gasteiger partial charge < -0.3 is 5.32 Å². The third kappa shape index (κ3) is 4.46. The molecular formula is C20H25NO2S. The second-order valence-corrected chi connectivity index (χ2v) is 9.01. The van der Waals surface area contributed by atoms with E-state index in [1.807, 2.05) is 24.3 Å². The van der Waals surface area contributed by atoms with E-state index in [-0.39, 0.29) is 5.75 Å². The normalized spacial score (nSPS) is 15.2. The monoisotopic (exact) mass is 343 g/mol. The molecule has 0 fully saturated rings. The standard InChI is InChI=1S/C20H25NO2S/c1-15(19-11-10-18-4-3-5-20(18)12-19)21-13-16-6-8-17(9-7-16)14-24(2,22)23/h6-12,15,21H,3-5,13-14H2,1-2H3/t15-/m0/s1. The van der Waals surface area contributed by atoms with Gasteiger partial charge in [0.15, 0.2) is 9.84 Å². The smallest absolute Gasteiger partial charge is 0.151 e. The van der Waals surface area contributed by atoms with Crippen molar-refractivity contribution in [3.63, 3.8) is 0 Å². The molecule has 1 aliphatic rings. The summed E-state index contributed by atoms with van der Waals surface area (Å²) in [6.07, 6.45) is 4.97. The first kappa shape index (κ1) is 17.2. The Morgan fingerprint density at radius 3 is 2.38 bits per heavy atom. The lowest BCUT2D eigenvalue weighted by molar-refractivity contribution is 0.574. The van der Waals surface area contributed by atoms with Crippen LogP contribution in [0.1, 0.15) is 47.2 Å². The van der Waals surface area contributed by atoms with Gasteiger partial charge in [-0.05, 0) is 54.0 Å². The fourth-order valence-electron chi connectivity index (χ4n) is 3.31. The zero-order valence-corrected chi connectivity index (χ0v) is 15.2. The molecule has 0 aromatic heterocycles. The third-order valence-corrected chi connectivity index (χ3v) is 5.54. The van der Waals surface area contributed by atoms with Crippen LogP contribution >= 0.6 is 0 Å². The maximum absolute atomic E-state index is 11.3. The van der Waals surface area contributed by atoms with Crippen LogP contribution in [0.3, 0.4) is 0 Å². The highest BCUT2D eigenvalue weighted by molar-refractivity contribution is 7.89. The summed E-state index contributed by atoms with van der Waals surface area (Å²) >= 11 is 0. The molecular weight excluding hydrogens is 318 g/mol. The van der Waals surface area contributed by atoms with Gasteiger partial charge in [-0.2, -0.15) is 0 Å². The van der Waals surface area contributed by atoms with Gasteiger partial charge in [0.1, 0.15) is 0 Å². The molecule has 0 radical (unpaired) electrons. The van der Waals surface area contributed by atoms with E-state index in [2.05, 4.69) is 30.4 Å². The van der Waals surface area contributed by atoms with Gasteiger partial charge in [-0.15, -0.1) is 0 Å². The van der Waals surface area contributed by atoms with Crippen molar-refractivity contribution in [2.75, 3.05) is 6.26 Å². The first-order valence-corrected chi connectivity index (χ1v) is 10.6. The molecule has 1 atom stereocenters. The molecule has 0 aliphatic heterocycles. The van der Waals surface area contributed by atoms with Crippen molar-refractivity contribution in [3.05, 3.63) is 70.3 Å². The Balaban J connectivity index is 1.59. The summed E-state index contributed by atoms with van der Waals surface area (Å²) in [5.74, 6) is 0.103. The Hall–Kier alpha value is -1.65. The van der Waals surface area contributed by atoms with E-state index in [4.69, 9.17) is 0 Å². The van der Waals surface area contributed by atoms with Crippen LogP contribution < -0.4 is 5.32 Å². The van der Waals surface area contributed by atoms with Crippen LogP contribution in [0.5, 0.6) is 0 Å². The average Bonchev–Trinajstić information content (AvgIpc) is 3.00. The van der Waals surface area contributed by atoms with Crippen molar-refractivity contribution < 1.29 is 8.42 Å². The van der Waals surface area contributed by atoms with E-state index in [1.54, 1.807) is 0 Å². The Labute approximate surface area is 145 Å². The molecule has 0 unspecified atom stereocenters. The highest BCUT2D eigenvalue weighted by Crippen LogP contribution is 2.25. The summed E-state index contributed by atoms with van der Waals surface area (Å²) in [7, 11) is -2.97. The molecule has 0 bridgehead atoms. The minimum atomic E-state index is -2.97. The van der Waals surface area contributed by atoms with Crippen LogP contribution in [0.4, 0.5) is 0 Å². The molecule has 1 aliphatic carbocycles. The number of nitrogens with one attached hydrogen (secondary N) is 1. The van der Waals surface area contributed by atoms with E-state index < -0.39 is 9.84 Å². The molecule has 4 heteroatoms. The molecule has 3 nitrogen and oxygen atoms in total. The van der Waals surface area contributed by atoms with Gasteiger partial charge in [0, 0.05) is 18.8 Å². The first-order chi connectivity index (χ1) is 11.4. The quantitative estimate of drug-likeness (QED) is 0.872. The fourth-order valence-corrected chi connectivity index (χ4v) is 4.10. The first-order valence-electron chi connectivity index (χ1n) is 8.51. The Morgan fingerprint density at radius 2 is 1.67 bits per heavy atom. The molecule has 128 valence electrons. The minimum absolute atomic E-state index is 0.103. The maximum Gasteiger partial charge on any atom is 0.151 e. The number of aryl methyl sites for hydroxylation is 2. The van der Waals surface area contributed by atoms with Gasteiger partial charge in [0.2, 0.25) is 0 Å². The number of fused-ring (bicyclic) bond motifs is 1. The zero-order valence-electron chi connectivity index (χ0n) is 14.4. The van der Waals surface area contributed by atoms with Crippen LogP contribution in [0.2, 0.25) is 0 Å². The van der Waals surface area contributed by atoms with E-state index >= 15 is 0 Å². The molecule has 0 amide bonds. The number of rotatable bonds is 6. The summed E-state index contributed by atoms with van der Waals surface area (Å²) in [4.78, 5) is 0. The molecule has 1 N–H and O–H groups in total.